The number of carbonyl (C=O) groups excluding carboxylic acids is 1. The molecule has 0 radical (unpaired) electrons. The van der Waals surface area contributed by atoms with E-state index in [0.717, 1.165) is 6.20 Å². The largest absolute Gasteiger partial charge is 0.490 e. The number of pyridine rings is 1. The van der Waals surface area contributed by atoms with E-state index in [1.54, 1.807) is 12.1 Å². The van der Waals surface area contributed by atoms with E-state index in [9.17, 15) is 18.0 Å². The van der Waals surface area contributed by atoms with Crippen molar-refractivity contribution in [3.05, 3.63) is 30.6 Å². The fourth-order valence-electron chi connectivity index (χ4n) is 1.32. The number of carbonyl (C=O) groups is 1. The molecule has 0 aliphatic carbocycles. The Morgan fingerprint density at radius 2 is 1.90 bits per heavy atom. The number of ether oxygens (including phenoxy) is 1. The van der Waals surface area contributed by atoms with E-state index in [1.807, 2.05) is 20.8 Å². The summed E-state index contributed by atoms with van der Waals surface area (Å²) in [6, 6.07) is 4.57. The summed E-state index contributed by atoms with van der Waals surface area (Å²) >= 11 is 0. The standard InChI is InChI=1S/C8H5F3N2.C5H10O2/c9-8(10,11)13-5-3-6-2-1-4-12-7(6)13;1-5(2,3)7-4-6/h1-5H;4H,1-3H3. The molecule has 2 aromatic heterocycles. The average Bonchev–Trinajstić information content (AvgIpc) is 2.71. The molecule has 2 heterocycles. The SMILES string of the molecule is CC(C)(C)OC=O.FC(F)(F)n1ccc2cccnc21. The minimum absolute atomic E-state index is 0.0602. The normalized spacial score (nSPS) is 11.7. The lowest BCUT2D eigenvalue weighted by molar-refractivity contribution is -0.201. The van der Waals surface area contributed by atoms with Gasteiger partial charge in [0, 0.05) is 17.8 Å². The van der Waals surface area contributed by atoms with Crippen LogP contribution in [0.1, 0.15) is 20.8 Å². The van der Waals surface area contributed by atoms with E-state index in [-0.39, 0.29) is 15.8 Å². The molecule has 7 heteroatoms. The summed E-state index contributed by atoms with van der Waals surface area (Å²) in [5.41, 5.74) is -0.378. The summed E-state index contributed by atoms with van der Waals surface area (Å²) in [4.78, 5) is 13.2. The highest BCUT2D eigenvalue weighted by Gasteiger charge is 2.31. The van der Waals surface area contributed by atoms with Crippen LogP contribution in [0.25, 0.3) is 11.0 Å². The Labute approximate surface area is 114 Å². The zero-order valence-corrected chi connectivity index (χ0v) is 11.3. The lowest BCUT2D eigenvalue weighted by Crippen LogP contribution is -2.17. The molecule has 0 unspecified atom stereocenters. The molecular formula is C13H15F3N2O2. The fourth-order valence-corrected chi connectivity index (χ4v) is 1.32. The van der Waals surface area contributed by atoms with Gasteiger partial charge in [-0.1, -0.05) is 0 Å². The van der Waals surface area contributed by atoms with Gasteiger partial charge in [-0.25, -0.2) is 9.55 Å². The topological polar surface area (TPSA) is 44.1 Å². The minimum Gasteiger partial charge on any atom is -0.462 e. The molecule has 4 nitrogen and oxygen atoms in total. The van der Waals surface area contributed by atoms with Gasteiger partial charge < -0.3 is 4.74 Å². The number of halogens is 3. The fraction of sp³-hybridized carbons (Fsp3) is 0.385. The van der Waals surface area contributed by atoms with Gasteiger partial charge in [0.1, 0.15) is 11.2 Å². The van der Waals surface area contributed by atoms with Gasteiger partial charge in [-0.05, 0) is 39.0 Å². The molecule has 2 rings (SSSR count). The van der Waals surface area contributed by atoms with Crippen LogP contribution in [0, 0.1) is 0 Å². The van der Waals surface area contributed by atoms with E-state index in [1.165, 1.54) is 12.3 Å². The molecule has 0 saturated heterocycles. The maximum atomic E-state index is 12.3. The van der Waals surface area contributed by atoms with Gasteiger partial charge in [0.25, 0.3) is 6.47 Å². The summed E-state index contributed by atoms with van der Waals surface area (Å²) in [5, 5.41) is 0.486. The molecule has 0 aliphatic heterocycles. The van der Waals surface area contributed by atoms with E-state index < -0.39 is 6.30 Å². The summed E-state index contributed by atoms with van der Waals surface area (Å²) in [7, 11) is 0. The van der Waals surface area contributed by atoms with Crippen LogP contribution in [0.2, 0.25) is 0 Å². The van der Waals surface area contributed by atoms with Gasteiger partial charge >= 0.3 is 6.30 Å². The van der Waals surface area contributed by atoms with E-state index >= 15 is 0 Å². The Morgan fingerprint density at radius 1 is 1.25 bits per heavy atom. The van der Waals surface area contributed by atoms with Crippen molar-refractivity contribution in [2.75, 3.05) is 0 Å². The van der Waals surface area contributed by atoms with Gasteiger partial charge in [0.2, 0.25) is 0 Å². The van der Waals surface area contributed by atoms with Gasteiger partial charge in [-0.3, -0.25) is 4.79 Å². The van der Waals surface area contributed by atoms with Crippen LogP contribution in [0.15, 0.2) is 30.6 Å². The number of aromatic nitrogens is 2. The smallest absolute Gasteiger partial charge is 0.462 e. The van der Waals surface area contributed by atoms with Crippen molar-refractivity contribution >= 4 is 17.5 Å². The third-order valence-corrected chi connectivity index (χ3v) is 2.12. The molecule has 0 saturated carbocycles. The molecule has 110 valence electrons. The summed E-state index contributed by atoms with van der Waals surface area (Å²) in [6.45, 7) is 5.92. The molecule has 0 fully saturated rings. The highest BCUT2D eigenvalue weighted by atomic mass is 19.4. The first-order valence-electron chi connectivity index (χ1n) is 5.76. The monoisotopic (exact) mass is 288 g/mol. The Hall–Kier alpha value is -2.05. The molecule has 0 atom stereocenters. The van der Waals surface area contributed by atoms with Gasteiger partial charge in [0.15, 0.2) is 0 Å². The van der Waals surface area contributed by atoms with E-state index in [4.69, 9.17) is 0 Å². The maximum Gasteiger partial charge on any atom is 0.490 e. The highest BCUT2D eigenvalue weighted by molar-refractivity contribution is 5.75. The van der Waals surface area contributed by atoms with Gasteiger partial charge in [-0.2, -0.15) is 0 Å². The number of hydrogen-bond acceptors (Lipinski definition) is 3. The summed E-state index contributed by atoms with van der Waals surface area (Å²) < 4.78 is 41.6. The Bertz CT molecular complexity index is 571. The van der Waals surface area contributed by atoms with Crippen LogP contribution in [-0.4, -0.2) is 21.6 Å². The van der Waals surface area contributed by atoms with Crippen LogP contribution in [-0.2, 0) is 15.8 Å². The quantitative estimate of drug-likeness (QED) is 0.755. The number of nitrogens with zero attached hydrogens (tertiary/aromatic N) is 2. The zero-order valence-electron chi connectivity index (χ0n) is 11.3. The minimum atomic E-state index is -4.39. The number of fused-ring (bicyclic) bond motifs is 1. The maximum absolute atomic E-state index is 12.3. The first kappa shape index (κ1) is 16.0. The van der Waals surface area contributed by atoms with Crippen LogP contribution < -0.4 is 0 Å². The van der Waals surface area contributed by atoms with Crippen LogP contribution in [0.3, 0.4) is 0 Å². The molecule has 0 bridgehead atoms. The molecule has 0 N–H and O–H groups in total. The molecule has 0 aromatic carbocycles. The molecule has 20 heavy (non-hydrogen) atoms. The van der Waals surface area contributed by atoms with E-state index in [2.05, 4.69) is 9.72 Å². The molecule has 0 spiro atoms. The van der Waals surface area contributed by atoms with Gasteiger partial charge in [-0.15, -0.1) is 13.2 Å². The van der Waals surface area contributed by atoms with Crippen molar-refractivity contribution in [1.82, 2.24) is 9.55 Å². The lowest BCUT2D eigenvalue weighted by Gasteiger charge is -2.14. The zero-order chi connectivity index (χ0) is 15.4. The predicted octanol–water partition coefficient (Wildman–Crippen LogP) is 3.47. The van der Waals surface area contributed by atoms with Crippen LogP contribution in [0.5, 0.6) is 0 Å². The lowest BCUT2D eigenvalue weighted by atomic mass is 10.2. The Balaban J connectivity index is 0.000000246. The van der Waals surface area contributed by atoms with Crippen molar-refractivity contribution < 1.29 is 22.7 Å². The highest BCUT2D eigenvalue weighted by Crippen LogP contribution is 2.26. The third kappa shape index (κ3) is 4.56. The summed E-state index contributed by atoms with van der Waals surface area (Å²) in [6.07, 6.45) is -2.08. The van der Waals surface area contributed by atoms with Crippen LogP contribution >= 0.6 is 0 Å². The molecular weight excluding hydrogens is 273 g/mol. The second kappa shape index (κ2) is 5.94. The number of hydrogen-bond donors (Lipinski definition) is 0. The molecule has 2 aromatic rings. The third-order valence-electron chi connectivity index (χ3n) is 2.12. The van der Waals surface area contributed by atoms with Crippen molar-refractivity contribution in [3.63, 3.8) is 0 Å². The van der Waals surface area contributed by atoms with Crippen molar-refractivity contribution in [1.29, 1.82) is 0 Å². The van der Waals surface area contributed by atoms with Crippen molar-refractivity contribution in [3.8, 4) is 0 Å². The molecule has 0 amide bonds. The van der Waals surface area contributed by atoms with Crippen molar-refractivity contribution in [2.24, 2.45) is 0 Å². The number of alkyl halides is 3. The Morgan fingerprint density at radius 3 is 2.35 bits per heavy atom. The van der Waals surface area contributed by atoms with Gasteiger partial charge in [0.05, 0.1) is 0 Å². The van der Waals surface area contributed by atoms with Crippen LogP contribution in [0.4, 0.5) is 13.2 Å². The Kier molecular flexibility index (Phi) is 4.75. The first-order valence-corrected chi connectivity index (χ1v) is 5.76. The van der Waals surface area contributed by atoms with Crippen molar-refractivity contribution in [2.45, 2.75) is 32.7 Å². The number of rotatable bonds is 1. The molecule has 0 aliphatic rings. The predicted molar refractivity (Wildman–Crippen MR) is 67.9 cm³/mol. The first-order chi connectivity index (χ1) is 9.15. The van der Waals surface area contributed by atoms with E-state index in [0.29, 0.717) is 11.9 Å². The second-order valence-corrected chi connectivity index (χ2v) is 4.90. The second-order valence-electron chi connectivity index (χ2n) is 4.90. The summed E-state index contributed by atoms with van der Waals surface area (Å²) in [5.74, 6) is 0. The average molecular weight is 288 g/mol.